The van der Waals surface area contributed by atoms with Gasteiger partial charge in [0.2, 0.25) is 0 Å². The molecule has 0 amide bonds. The summed E-state index contributed by atoms with van der Waals surface area (Å²) < 4.78 is 0. The third kappa shape index (κ3) is 2.54. The lowest BCUT2D eigenvalue weighted by atomic mass is 10.1. The van der Waals surface area contributed by atoms with E-state index in [4.69, 9.17) is 0 Å². The molecule has 2 rings (SSSR count). The first-order valence-electron chi connectivity index (χ1n) is 5.60. The minimum atomic E-state index is 0.680. The van der Waals surface area contributed by atoms with Crippen LogP contribution in [0.1, 0.15) is 25.3 Å². The molecule has 2 heteroatoms. The van der Waals surface area contributed by atoms with Crippen LogP contribution < -0.4 is 4.90 Å². The number of halogens is 1. The lowest BCUT2D eigenvalue weighted by Crippen LogP contribution is -2.30. The van der Waals surface area contributed by atoms with Crippen LogP contribution in [0.2, 0.25) is 0 Å². The van der Waals surface area contributed by atoms with Gasteiger partial charge in [-0.3, -0.25) is 0 Å². The van der Waals surface area contributed by atoms with Crippen LogP contribution >= 0.6 is 15.9 Å². The summed E-state index contributed by atoms with van der Waals surface area (Å²) in [6.45, 7) is 2.33. The molecule has 1 fully saturated rings. The second-order valence-electron chi connectivity index (χ2n) is 4.49. The van der Waals surface area contributed by atoms with Crippen LogP contribution in [-0.4, -0.2) is 13.1 Å². The lowest BCUT2D eigenvalue weighted by Gasteiger charge is -2.27. The van der Waals surface area contributed by atoms with Crippen LogP contribution in [0.3, 0.4) is 0 Å². The first-order chi connectivity index (χ1) is 7.22. The third-order valence-electron chi connectivity index (χ3n) is 3.41. The molecule has 1 aromatic rings. The fourth-order valence-corrected chi connectivity index (χ4v) is 2.32. The highest BCUT2D eigenvalue weighted by atomic mass is 79.9. The maximum Gasteiger partial charge on any atom is 0.0366 e. The Morgan fingerprint density at radius 3 is 2.40 bits per heavy atom. The highest BCUT2D eigenvalue weighted by Gasteiger charge is 2.30. The first-order valence-corrected chi connectivity index (χ1v) is 6.72. The molecule has 0 bridgehead atoms. The minimum Gasteiger partial charge on any atom is -0.372 e. The fraction of sp³-hybridized carbons (Fsp3) is 0.538. The van der Waals surface area contributed by atoms with E-state index < -0.39 is 0 Å². The van der Waals surface area contributed by atoms with Crippen LogP contribution in [0.15, 0.2) is 24.3 Å². The van der Waals surface area contributed by atoms with Crippen molar-refractivity contribution in [2.75, 3.05) is 11.9 Å². The van der Waals surface area contributed by atoms with E-state index in [-0.39, 0.29) is 0 Å². The summed E-state index contributed by atoms with van der Waals surface area (Å²) in [5.74, 6) is 0.922. The van der Waals surface area contributed by atoms with Crippen LogP contribution in [0.5, 0.6) is 0 Å². The molecule has 1 aliphatic carbocycles. The van der Waals surface area contributed by atoms with Gasteiger partial charge in [0.1, 0.15) is 0 Å². The molecule has 1 saturated carbocycles. The first kappa shape index (κ1) is 11.0. The summed E-state index contributed by atoms with van der Waals surface area (Å²) in [6, 6.07) is 9.51. The van der Waals surface area contributed by atoms with Gasteiger partial charge in [0.15, 0.2) is 0 Å². The second-order valence-corrected chi connectivity index (χ2v) is 5.05. The predicted octanol–water partition coefficient (Wildman–Crippen LogP) is 3.82. The molecular weight excluding hydrogens is 250 g/mol. The number of nitrogens with zero attached hydrogens (tertiary/aromatic N) is 1. The predicted molar refractivity (Wildman–Crippen MR) is 69.7 cm³/mol. The smallest absolute Gasteiger partial charge is 0.0366 e. The maximum absolute atomic E-state index is 3.47. The Hall–Kier alpha value is -0.500. The van der Waals surface area contributed by atoms with Gasteiger partial charge in [-0.25, -0.2) is 0 Å². The second kappa shape index (κ2) is 4.56. The molecule has 0 aromatic heterocycles. The third-order valence-corrected chi connectivity index (χ3v) is 4.06. The summed E-state index contributed by atoms with van der Waals surface area (Å²) in [6.07, 6.45) is 2.82. The summed E-state index contributed by atoms with van der Waals surface area (Å²) in [7, 11) is 2.20. The molecule has 1 nitrogen and oxygen atoms in total. The Bertz CT molecular complexity index is 316. The average Bonchev–Trinajstić information content (AvgIpc) is 3.11. The van der Waals surface area contributed by atoms with Crippen molar-refractivity contribution in [3.63, 3.8) is 0 Å². The van der Waals surface area contributed by atoms with Crippen molar-refractivity contribution in [2.24, 2.45) is 5.92 Å². The van der Waals surface area contributed by atoms with Crippen molar-refractivity contribution < 1.29 is 0 Å². The van der Waals surface area contributed by atoms with Crippen LogP contribution in [0, 0.1) is 5.92 Å². The largest absolute Gasteiger partial charge is 0.372 e. The van der Waals surface area contributed by atoms with E-state index in [1.54, 1.807) is 0 Å². The topological polar surface area (TPSA) is 3.24 Å². The summed E-state index contributed by atoms with van der Waals surface area (Å²) in [4.78, 5) is 2.40. The monoisotopic (exact) mass is 267 g/mol. The number of hydrogen-bond acceptors (Lipinski definition) is 1. The van der Waals surface area contributed by atoms with E-state index in [0.29, 0.717) is 6.04 Å². The van der Waals surface area contributed by atoms with Gasteiger partial charge in [0, 0.05) is 24.1 Å². The number of hydrogen-bond donors (Lipinski definition) is 0. The lowest BCUT2D eigenvalue weighted by molar-refractivity contribution is 0.609. The Morgan fingerprint density at radius 2 is 1.93 bits per heavy atom. The summed E-state index contributed by atoms with van der Waals surface area (Å²) in [5, 5.41) is 0.940. The van der Waals surface area contributed by atoms with Crippen LogP contribution in [-0.2, 0) is 5.33 Å². The average molecular weight is 268 g/mol. The molecule has 1 atom stereocenters. The highest BCUT2D eigenvalue weighted by Crippen LogP contribution is 2.36. The number of rotatable bonds is 4. The molecule has 0 aliphatic heterocycles. The van der Waals surface area contributed by atoms with Crippen LogP contribution in [0.25, 0.3) is 0 Å². The molecule has 0 spiro atoms. The van der Waals surface area contributed by atoms with E-state index in [2.05, 4.69) is 59.1 Å². The van der Waals surface area contributed by atoms with E-state index in [0.717, 1.165) is 11.2 Å². The number of alkyl halides is 1. The van der Waals surface area contributed by atoms with Gasteiger partial charge in [0.25, 0.3) is 0 Å². The van der Waals surface area contributed by atoms with Crippen molar-refractivity contribution in [3.8, 4) is 0 Å². The molecule has 1 unspecified atom stereocenters. The quantitative estimate of drug-likeness (QED) is 0.750. The number of benzene rings is 1. The normalized spacial score (nSPS) is 17.5. The SMILES string of the molecule is CC(C1CC1)N(C)c1ccc(CBr)cc1. The molecule has 1 aliphatic rings. The minimum absolute atomic E-state index is 0.680. The molecule has 15 heavy (non-hydrogen) atoms. The molecular formula is C13H18BrN. The Morgan fingerprint density at radius 1 is 1.33 bits per heavy atom. The molecule has 0 saturated heterocycles. The number of anilines is 1. The fourth-order valence-electron chi connectivity index (χ4n) is 1.95. The molecule has 0 radical (unpaired) electrons. The van der Waals surface area contributed by atoms with Gasteiger partial charge in [-0.1, -0.05) is 28.1 Å². The van der Waals surface area contributed by atoms with E-state index in [1.165, 1.54) is 24.1 Å². The van der Waals surface area contributed by atoms with E-state index >= 15 is 0 Å². The summed E-state index contributed by atoms with van der Waals surface area (Å²) >= 11 is 3.47. The van der Waals surface area contributed by atoms with Crippen LogP contribution in [0.4, 0.5) is 5.69 Å². The standard InChI is InChI=1S/C13H18BrN/c1-10(12-5-6-12)15(2)13-7-3-11(9-14)4-8-13/h3-4,7-8,10,12H,5-6,9H2,1-2H3. The zero-order chi connectivity index (χ0) is 10.8. The van der Waals surface area contributed by atoms with Gasteiger partial charge >= 0.3 is 0 Å². The molecule has 1 aromatic carbocycles. The summed E-state index contributed by atoms with van der Waals surface area (Å²) in [5.41, 5.74) is 2.67. The van der Waals surface area contributed by atoms with Crippen molar-refractivity contribution in [3.05, 3.63) is 29.8 Å². The van der Waals surface area contributed by atoms with Crippen molar-refractivity contribution in [2.45, 2.75) is 31.1 Å². The zero-order valence-corrected chi connectivity index (χ0v) is 11.0. The van der Waals surface area contributed by atoms with Gasteiger partial charge < -0.3 is 4.90 Å². The maximum atomic E-state index is 3.47. The molecule has 0 N–H and O–H groups in total. The van der Waals surface area contributed by atoms with E-state index in [1.807, 2.05) is 0 Å². The van der Waals surface area contributed by atoms with Crippen molar-refractivity contribution in [1.82, 2.24) is 0 Å². The van der Waals surface area contributed by atoms with Crippen molar-refractivity contribution >= 4 is 21.6 Å². The van der Waals surface area contributed by atoms with Gasteiger partial charge in [-0.05, 0) is 43.4 Å². The highest BCUT2D eigenvalue weighted by molar-refractivity contribution is 9.08. The Labute approximate surface area is 101 Å². The Kier molecular flexibility index (Phi) is 3.35. The molecule has 82 valence electrons. The van der Waals surface area contributed by atoms with Gasteiger partial charge in [0.05, 0.1) is 0 Å². The molecule has 0 heterocycles. The zero-order valence-electron chi connectivity index (χ0n) is 9.41. The van der Waals surface area contributed by atoms with Gasteiger partial charge in [-0.15, -0.1) is 0 Å². The van der Waals surface area contributed by atoms with E-state index in [9.17, 15) is 0 Å². The van der Waals surface area contributed by atoms with Crippen molar-refractivity contribution in [1.29, 1.82) is 0 Å². The Balaban J connectivity index is 2.07. The van der Waals surface area contributed by atoms with Gasteiger partial charge in [-0.2, -0.15) is 0 Å².